The van der Waals surface area contributed by atoms with Crippen LogP contribution in [0, 0.1) is 3.57 Å². The minimum absolute atomic E-state index is 0.0191. The summed E-state index contributed by atoms with van der Waals surface area (Å²) < 4.78 is 0.971. The maximum Gasteiger partial charge on any atom is 0.252 e. The zero-order valence-electron chi connectivity index (χ0n) is 8.66. The number of nitrogens with one attached hydrogen (secondary N) is 1. The molecule has 3 heteroatoms. The molecule has 0 heterocycles. The second-order valence-corrected chi connectivity index (χ2v) is 4.54. The molecule has 1 atom stereocenters. The Kier molecular flexibility index (Phi) is 4.81. The molecule has 0 bridgehead atoms. The average Bonchev–Trinajstić information content (AvgIpc) is 2.18. The van der Waals surface area contributed by atoms with Crippen molar-refractivity contribution < 1.29 is 4.79 Å². The molecule has 0 aromatic heterocycles. The fraction of sp³-hybridized carbons (Fsp3) is 0.250. The van der Waals surface area contributed by atoms with Crippen molar-refractivity contribution >= 4 is 28.5 Å². The molecule has 0 aliphatic heterocycles. The summed E-state index contributed by atoms with van der Waals surface area (Å²) in [6.07, 6.45) is 2.59. The van der Waals surface area contributed by atoms with Crippen molar-refractivity contribution in [3.63, 3.8) is 0 Å². The number of hydrogen-bond acceptors (Lipinski definition) is 1. The monoisotopic (exact) mass is 315 g/mol. The van der Waals surface area contributed by atoms with Crippen LogP contribution in [0.5, 0.6) is 0 Å². The maximum absolute atomic E-state index is 11.8. The topological polar surface area (TPSA) is 29.1 Å². The third-order valence-corrected chi connectivity index (χ3v) is 2.96. The van der Waals surface area contributed by atoms with E-state index in [1.807, 2.05) is 31.2 Å². The summed E-state index contributed by atoms with van der Waals surface area (Å²) in [6.45, 7) is 5.61. The fourth-order valence-electron chi connectivity index (χ4n) is 1.26. The quantitative estimate of drug-likeness (QED) is 0.672. The van der Waals surface area contributed by atoms with Gasteiger partial charge >= 0.3 is 0 Å². The van der Waals surface area contributed by atoms with E-state index < -0.39 is 0 Å². The van der Waals surface area contributed by atoms with Gasteiger partial charge in [0, 0.05) is 9.61 Å². The van der Waals surface area contributed by atoms with Crippen LogP contribution in [-0.2, 0) is 0 Å². The largest absolute Gasteiger partial charge is 0.349 e. The van der Waals surface area contributed by atoms with Crippen LogP contribution in [0.1, 0.15) is 23.7 Å². The first-order valence-electron chi connectivity index (χ1n) is 4.81. The molecule has 2 nitrogen and oxygen atoms in total. The molecule has 15 heavy (non-hydrogen) atoms. The smallest absolute Gasteiger partial charge is 0.252 e. The van der Waals surface area contributed by atoms with Gasteiger partial charge in [-0.1, -0.05) is 18.2 Å². The summed E-state index contributed by atoms with van der Waals surface area (Å²) in [7, 11) is 0. The van der Waals surface area contributed by atoms with Crippen molar-refractivity contribution in [3.8, 4) is 0 Å². The Balaban J connectivity index is 2.69. The maximum atomic E-state index is 11.8. The molecular formula is C12H14INO. The highest BCUT2D eigenvalue weighted by atomic mass is 127. The number of carbonyl (C=O) groups excluding carboxylic acids is 1. The first-order valence-corrected chi connectivity index (χ1v) is 5.89. The van der Waals surface area contributed by atoms with E-state index in [-0.39, 0.29) is 11.9 Å². The lowest BCUT2D eigenvalue weighted by Crippen LogP contribution is -2.32. The van der Waals surface area contributed by atoms with Gasteiger partial charge in [0.05, 0.1) is 5.56 Å². The number of amides is 1. The van der Waals surface area contributed by atoms with Gasteiger partial charge < -0.3 is 5.32 Å². The van der Waals surface area contributed by atoms with Crippen LogP contribution in [0.3, 0.4) is 0 Å². The summed E-state index contributed by atoms with van der Waals surface area (Å²) in [5.41, 5.74) is 0.731. The van der Waals surface area contributed by atoms with Crippen molar-refractivity contribution in [1.82, 2.24) is 5.32 Å². The molecule has 0 spiro atoms. The third kappa shape index (κ3) is 3.66. The number of halogens is 1. The normalized spacial score (nSPS) is 11.9. The molecule has 0 saturated carbocycles. The minimum Gasteiger partial charge on any atom is -0.349 e. The number of rotatable bonds is 4. The summed E-state index contributed by atoms with van der Waals surface area (Å²) in [4.78, 5) is 11.8. The Morgan fingerprint density at radius 3 is 2.87 bits per heavy atom. The van der Waals surface area contributed by atoms with E-state index in [4.69, 9.17) is 0 Å². The zero-order chi connectivity index (χ0) is 11.3. The van der Waals surface area contributed by atoms with E-state index in [0.717, 1.165) is 15.6 Å². The van der Waals surface area contributed by atoms with Crippen LogP contribution in [0.15, 0.2) is 36.9 Å². The highest BCUT2D eigenvalue weighted by Crippen LogP contribution is 2.11. The third-order valence-electron chi connectivity index (χ3n) is 2.02. The van der Waals surface area contributed by atoms with E-state index in [9.17, 15) is 4.79 Å². The standard InChI is InChI=1S/C12H14INO/c1-3-6-9(2)14-12(15)10-7-4-5-8-11(10)13/h3-5,7-9H,1,6H2,2H3,(H,14,15)/t9-/m1/s1. The Morgan fingerprint density at radius 2 is 2.27 bits per heavy atom. The molecule has 0 aliphatic carbocycles. The van der Waals surface area contributed by atoms with Crippen molar-refractivity contribution in [2.45, 2.75) is 19.4 Å². The molecule has 80 valence electrons. The van der Waals surface area contributed by atoms with Crippen LogP contribution in [-0.4, -0.2) is 11.9 Å². The summed E-state index contributed by atoms with van der Waals surface area (Å²) in [6, 6.07) is 7.68. The van der Waals surface area contributed by atoms with Crippen molar-refractivity contribution in [3.05, 3.63) is 46.1 Å². The first kappa shape index (κ1) is 12.2. The lowest BCUT2D eigenvalue weighted by molar-refractivity contribution is 0.0939. The van der Waals surface area contributed by atoms with Crippen LogP contribution < -0.4 is 5.32 Å². The molecule has 0 fully saturated rings. The molecule has 1 aromatic carbocycles. The number of hydrogen-bond donors (Lipinski definition) is 1. The number of benzene rings is 1. The minimum atomic E-state index is -0.0191. The van der Waals surface area contributed by atoms with Crippen LogP contribution in [0.2, 0.25) is 0 Å². The van der Waals surface area contributed by atoms with Crippen molar-refractivity contribution in [2.75, 3.05) is 0 Å². The Morgan fingerprint density at radius 1 is 1.60 bits per heavy atom. The molecule has 1 amide bonds. The van der Waals surface area contributed by atoms with E-state index in [2.05, 4.69) is 34.5 Å². The highest BCUT2D eigenvalue weighted by molar-refractivity contribution is 14.1. The summed E-state index contributed by atoms with van der Waals surface area (Å²) >= 11 is 2.16. The average molecular weight is 315 g/mol. The van der Waals surface area contributed by atoms with Gasteiger partial charge in [-0.2, -0.15) is 0 Å². The second kappa shape index (κ2) is 5.90. The van der Waals surface area contributed by atoms with E-state index in [0.29, 0.717) is 0 Å². The molecule has 1 N–H and O–H groups in total. The first-order chi connectivity index (χ1) is 7.15. The Bertz CT molecular complexity index is 362. The van der Waals surface area contributed by atoms with Crippen LogP contribution in [0.4, 0.5) is 0 Å². The van der Waals surface area contributed by atoms with Crippen LogP contribution in [0.25, 0.3) is 0 Å². The van der Waals surface area contributed by atoms with E-state index >= 15 is 0 Å². The van der Waals surface area contributed by atoms with Crippen LogP contribution >= 0.6 is 22.6 Å². The zero-order valence-corrected chi connectivity index (χ0v) is 10.8. The predicted molar refractivity (Wildman–Crippen MR) is 70.9 cm³/mol. The lowest BCUT2D eigenvalue weighted by Gasteiger charge is -2.12. The van der Waals surface area contributed by atoms with E-state index in [1.165, 1.54) is 0 Å². The predicted octanol–water partition coefficient (Wildman–Crippen LogP) is 2.99. The van der Waals surface area contributed by atoms with Gasteiger partial charge in [-0.3, -0.25) is 4.79 Å². The SMILES string of the molecule is C=CC[C@@H](C)NC(=O)c1ccccc1I. The summed E-state index contributed by atoms with van der Waals surface area (Å²) in [5, 5.41) is 2.92. The fourth-order valence-corrected chi connectivity index (χ4v) is 1.89. The van der Waals surface area contributed by atoms with Gasteiger partial charge in [-0.15, -0.1) is 6.58 Å². The van der Waals surface area contributed by atoms with Gasteiger partial charge in [0.15, 0.2) is 0 Å². The molecule has 0 unspecified atom stereocenters. The molecule has 0 radical (unpaired) electrons. The molecular weight excluding hydrogens is 301 g/mol. The Hall–Kier alpha value is -0.840. The van der Waals surface area contributed by atoms with Crippen molar-refractivity contribution in [2.24, 2.45) is 0 Å². The van der Waals surface area contributed by atoms with Gasteiger partial charge in [0.1, 0.15) is 0 Å². The second-order valence-electron chi connectivity index (χ2n) is 3.38. The summed E-state index contributed by atoms with van der Waals surface area (Å²) in [5.74, 6) is -0.0191. The highest BCUT2D eigenvalue weighted by Gasteiger charge is 2.10. The van der Waals surface area contributed by atoms with Gasteiger partial charge in [0.2, 0.25) is 0 Å². The Labute approximate surface area is 104 Å². The van der Waals surface area contributed by atoms with Crippen molar-refractivity contribution in [1.29, 1.82) is 0 Å². The van der Waals surface area contributed by atoms with Gasteiger partial charge in [-0.05, 0) is 48.1 Å². The van der Waals surface area contributed by atoms with Gasteiger partial charge in [0.25, 0.3) is 5.91 Å². The lowest BCUT2D eigenvalue weighted by atomic mass is 10.2. The molecule has 0 saturated heterocycles. The number of carbonyl (C=O) groups is 1. The van der Waals surface area contributed by atoms with Gasteiger partial charge in [-0.25, -0.2) is 0 Å². The van der Waals surface area contributed by atoms with E-state index in [1.54, 1.807) is 6.08 Å². The molecule has 1 rings (SSSR count). The molecule has 0 aliphatic rings. The molecule has 1 aromatic rings.